The number of rotatable bonds is 3. The number of ether oxygens (including phenoxy) is 1. The number of nitrogens with zero attached hydrogens (tertiary/aromatic N) is 1. The van der Waals surface area contributed by atoms with Crippen molar-refractivity contribution in [1.29, 1.82) is 0 Å². The van der Waals surface area contributed by atoms with Gasteiger partial charge < -0.3 is 14.1 Å². The highest BCUT2D eigenvalue weighted by atomic mass is 35.5. The Bertz CT molecular complexity index is 733. The van der Waals surface area contributed by atoms with Crippen LogP contribution in [0.5, 0.6) is 5.75 Å². The number of esters is 1. The third-order valence-corrected chi connectivity index (χ3v) is 4.46. The summed E-state index contributed by atoms with van der Waals surface area (Å²) in [5.41, 5.74) is 0.973. The number of benzene rings is 1. The molecule has 1 saturated heterocycles. The molecule has 0 aliphatic carbocycles. The second kappa shape index (κ2) is 7.09. The maximum atomic E-state index is 12.3. The average Bonchev–Trinajstić information content (AvgIpc) is 3.12. The lowest BCUT2D eigenvalue weighted by atomic mass is 9.97. The molecule has 24 heavy (non-hydrogen) atoms. The number of furan rings is 1. The number of hydrogen-bond donors (Lipinski definition) is 0. The van der Waals surface area contributed by atoms with Crippen molar-refractivity contribution in [2.24, 2.45) is 5.92 Å². The van der Waals surface area contributed by atoms with Gasteiger partial charge in [-0.15, -0.1) is 0 Å². The molecule has 2 aromatic rings. The molecule has 0 spiro atoms. The molecule has 1 fully saturated rings. The molecule has 1 aliphatic rings. The molecule has 2 heterocycles. The minimum absolute atomic E-state index is 0.145. The Morgan fingerprint density at radius 2 is 2.00 bits per heavy atom. The number of carbonyl (C=O) groups is 2. The second-order valence-corrected chi connectivity index (χ2v) is 6.31. The van der Waals surface area contributed by atoms with E-state index in [0.29, 0.717) is 42.5 Å². The summed E-state index contributed by atoms with van der Waals surface area (Å²) in [6.45, 7) is 2.91. The molecule has 0 unspecified atom stereocenters. The standard InChI is InChI=1S/C18H18ClNO4/c1-12-4-5-14(19)16(11-12)24-18(22)13-6-8-20(9-7-13)17(21)15-3-2-10-23-15/h2-5,10-11,13H,6-9H2,1H3. The lowest BCUT2D eigenvalue weighted by Crippen LogP contribution is -2.41. The van der Waals surface area contributed by atoms with E-state index >= 15 is 0 Å². The van der Waals surface area contributed by atoms with Crippen LogP contribution in [-0.2, 0) is 4.79 Å². The van der Waals surface area contributed by atoms with E-state index in [9.17, 15) is 9.59 Å². The van der Waals surface area contributed by atoms with Crippen LogP contribution in [0.25, 0.3) is 0 Å². The van der Waals surface area contributed by atoms with E-state index in [1.165, 1.54) is 6.26 Å². The monoisotopic (exact) mass is 347 g/mol. The molecule has 126 valence electrons. The first-order valence-electron chi connectivity index (χ1n) is 7.85. The highest BCUT2D eigenvalue weighted by molar-refractivity contribution is 6.32. The van der Waals surface area contributed by atoms with E-state index < -0.39 is 0 Å². The van der Waals surface area contributed by atoms with Crippen molar-refractivity contribution in [2.75, 3.05) is 13.1 Å². The zero-order valence-electron chi connectivity index (χ0n) is 13.3. The van der Waals surface area contributed by atoms with E-state index in [1.807, 2.05) is 13.0 Å². The van der Waals surface area contributed by atoms with Crippen LogP contribution < -0.4 is 4.74 Å². The van der Waals surface area contributed by atoms with Gasteiger partial charge in [-0.3, -0.25) is 9.59 Å². The second-order valence-electron chi connectivity index (χ2n) is 5.90. The number of halogens is 1. The van der Waals surface area contributed by atoms with Crippen LogP contribution in [0.2, 0.25) is 5.02 Å². The van der Waals surface area contributed by atoms with Gasteiger partial charge in [0.2, 0.25) is 0 Å². The van der Waals surface area contributed by atoms with Gasteiger partial charge in [0.1, 0.15) is 5.75 Å². The molecule has 1 aliphatic heterocycles. The predicted octanol–water partition coefficient (Wildman–Crippen LogP) is 3.70. The highest BCUT2D eigenvalue weighted by Gasteiger charge is 2.30. The fourth-order valence-electron chi connectivity index (χ4n) is 2.75. The van der Waals surface area contributed by atoms with Crippen LogP contribution in [0.4, 0.5) is 0 Å². The smallest absolute Gasteiger partial charge is 0.314 e. The van der Waals surface area contributed by atoms with Crippen molar-refractivity contribution in [3.63, 3.8) is 0 Å². The maximum absolute atomic E-state index is 12.3. The van der Waals surface area contributed by atoms with Crippen molar-refractivity contribution >= 4 is 23.5 Å². The zero-order chi connectivity index (χ0) is 17.1. The van der Waals surface area contributed by atoms with Crippen LogP contribution in [0.3, 0.4) is 0 Å². The van der Waals surface area contributed by atoms with Crippen molar-refractivity contribution in [3.8, 4) is 5.75 Å². The lowest BCUT2D eigenvalue weighted by molar-refractivity contribution is -0.140. The molecule has 6 heteroatoms. The Hall–Kier alpha value is -2.27. The van der Waals surface area contributed by atoms with Gasteiger partial charge in [0, 0.05) is 13.1 Å². The summed E-state index contributed by atoms with van der Waals surface area (Å²) < 4.78 is 10.6. The topological polar surface area (TPSA) is 59.8 Å². The molecule has 1 aromatic heterocycles. The molecule has 1 aromatic carbocycles. The number of amides is 1. The average molecular weight is 348 g/mol. The van der Waals surface area contributed by atoms with Gasteiger partial charge in [-0.1, -0.05) is 17.7 Å². The van der Waals surface area contributed by atoms with Crippen LogP contribution in [0.1, 0.15) is 29.0 Å². The first-order chi connectivity index (χ1) is 11.5. The molecule has 0 radical (unpaired) electrons. The Labute approximate surface area is 145 Å². The van der Waals surface area contributed by atoms with Gasteiger partial charge in [0.15, 0.2) is 5.76 Å². The van der Waals surface area contributed by atoms with Crippen molar-refractivity contribution in [1.82, 2.24) is 4.90 Å². The van der Waals surface area contributed by atoms with E-state index in [-0.39, 0.29) is 17.8 Å². The lowest BCUT2D eigenvalue weighted by Gasteiger charge is -2.30. The van der Waals surface area contributed by atoms with Crippen LogP contribution >= 0.6 is 11.6 Å². The van der Waals surface area contributed by atoms with Gasteiger partial charge in [0.25, 0.3) is 5.91 Å². The molecule has 0 atom stereocenters. The summed E-state index contributed by atoms with van der Waals surface area (Å²) in [6.07, 6.45) is 2.60. The Kier molecular flexibility index (Phi) is 4.90. The molecule has 0 N–H and O–H groups in total. The molecule has 3 rings (SSSR count). The molecule has 0 saturated carbocycles. The van der Waals surface area contributed by atoms with Gasteiger partial charge in [-0.25, -0.2) is 0 Å². The summed E-state index contributed by atoms with van der Waals surface area (Å²) in [6, 6.07) is 8.64. The zero-order valence-corrected chi connectivity index (χ0v) is 14.1. The fourth-order valence-corrected chi connectivity index (χ4v) is 2.91. The third kappa shape index (κ3) is 3.62. The van der Waals surface area contributed by atoms with Crippen molar-refractivity contribution in [2.45, 2.75) is 19.8 Å². The Morgan fingerprint density at radius 3 is 2.67 bits per heavy atom. The summed E-state index contributed by atoms with van der Waals surface area (Å²) >= 11 is 6.06. The highest BCUT2D eigenvalue weighted by Crippen LogP contribution is 2.28. The van der Waals surface area contributed by atoms with Crippen molar-refractivity contribution < 1.29 is 18.7 Å². The number of aryl methyl sites for hydroxylation is 1. The number of carbonyl (C=O) groups excluding carboxylic acids is 2. The van der Waals surface area contributed by atoms with E-state index in [4.69, 9.17) is 20.8 Å². The minimum atomic E-state index is -0.299. The quantitative estimate of drug-likeness (QED) is 0.627. The SMILES string of the molecule is Cc1ccc(Cl)c(OC(=O)C2CCN(C(=O)c3ccco3)CC2)c1. The summed E-state index contributed by atoms with van der Waals surface area (Å²) in [5.74, 6) is 0.0294. The van der Waals surface area contributed by atoms with E-state index in [2.05, 4.69) is 0 Å². The van der Waals surface area contributed by atoms with Crippen LogP contribution in [-0.4, -0.2) is 29.9 Å². The van der Waals surface area contributed by atoms with Gasteiger partial charge in [0.05, 0.1) is 17.2 Å². The number of likely N-dealkylation sites (tertiary alicyclic amines) is 1. The number of piperidine rings is 1. The largest absolute Gasteiger partial charge is 0.459 e. The Balaban J connectivity index is 1.57. The first-order valence-corrected chi connectivity index (χ1v) is 8.23. The van der Waals surface area contributed by atoms with Gasteiger partial charge in [-0.2, -0.15) is 0 Å². The first kappa shape index (κ1) is 16.6. The Morgan fingerprint density at radius 1 is 1.25 bits per heavy atom. The third-order valence-electron chi connectivity index (χ3n) is 4.14. The molecule has 5 nitrogen and oxygen atoms in total. The van der Waals surface area contributed by atoms with E-state index in [1.54, 1.807) is 29.2 Å². The minimum Gasteiger partial charge on any atom is -0.459 e. The van der Waals surface area contributed by atoms with Crippen LogP contribution in [0.15, 0.2) is 41.0 Å². The molecule has 1 amide bonds. The predicted molar refractivity (Wildman–Crippen MR) is 89.2 cm³/mol. The summed E-state index contributed by atoms with van der Waals surface area (Å²) in [7, 11) is 0. The number of hydrogen-bond acceptors (Lipinski definition) is 4. The summed E-state index contributed by atoms with van der Waals surface area (Å²) in [4.78, 5) is 26.2. The molecule has 0 bridgehead atoms. The van der Waals surface area contributed by atoms with E-state index in [0.717, 1.165) is 5.56 Å². The fraction of sp³-hybridized carbons (Fsp3) is 0.333. The van der Waals surface area contributed by atoms with Gasteiger partial charge in [-0.05, 0) is 49.6 Å². The molecular formula is C18H18ClNO4. The van der Waals surface area contributed by atoms with Gasteiger partial charge >= 0.3 is 5.97 Å². The van der Waals surface area contributed by atoms with Crippen LogP contribution in [0, 0.1) is 12.8 Å². The van der Waals surface area contributed by atoms with Crippen molar-refractivity contribution in [3.05, 3.63) is 52.9 Å². The maximum Gasteiger partial charge on any atom is 0.314 e. The summed E-state index contributed by atoms with van der Waals surface area (Å²) in [5, 5.41) is 0.416. The normalized spacial score (nSPS) is 15.3. The molecular weight excluding hydrogens is 330 g/mol.